The number of thiocarbonyl (C=S) groups is 1. The van der Waals surface area contributed by atoms with Crippen LogP contribution in [0.15, 0.2) is 24.3 Å². The third-order valence-corrected chi connectivity index (χ3v) is 3.93. The Balaban J connectivity index is 1.67. The first-order valence-electron chi connectivity index (χ1n) is 7.27. The normalized spacial score (nSPS) is 16.8. The molecule has 0 spiro atoms. The highest BCUT2D eigenvalue weighted by molar-refractivity contribution is 7.80. The summed E-state index contributed by atoms with van der Waals surface area (Å²) in [6.45, 7) is 6.71. The highest BCUT2D eigenvalue weighted by Gasteiger charge is 2.15. The molecule has 6 heteroatoms. The molecule has 1 aliphatic heterocycles. The monoisotopic (exact) mass is 309 g/mol. The SMILES string of the molecule is NC(=S)c1ccc(OCCN2CCN(CCO)CC2)cc1. The Morgan fingerprint density at radius 3 is 2.19 bits per heavy atom. The maximum atomic E-state index is 8.91. The molecule has 1 heterocycles. The summed E-state index contributed by atoms with van der Waals surface area (Å²) >= 11 is 4.92. The van der Waals surface area contributed by atoms with E-state index >= 15 is 0 Å². The van der Waals surface area contributed by atoms with E-state index in [0.717, 1.165) is 50.6 Å². The van der Waals surface area contributed by atoms with Gasteiger partial charge in [0.05, 0.1) is 6.61 Å². The van der Waals surface area contributed by atoms with Gasteiger partial charge in [0.15, 0.2) is 0 Å². The van der Waals surface area contributed by atoms with Gasteiger partial charge in [-0.05, 0) is 24.3 Å². The number of aliphatic hydroxyl groups is 1. The van der Waals surface area contributed by atoms with Crippen LogP contribution >= 0.6 is 12.2 Å². The van der Waals surface area contributed by atoms with Crippen molar-refractivity contribution in [3.05, 3.63) is 29.8 Å². The van der Waals surface area contributed by atoms with Crippen LogP contribution in [0.3, 0.4) is 0 Å². The topological polar surface area (TPSA) is 62.0 Å². The summed E-state index contributed by atoms with van der Waals surface area (Å²) in [7, 11) is 0. The zero-order valence-electron chi connectivity index (χ0n) is 12.2. The molecule has 0 atom stereocenters. The van der Waals surface area contributed by atoms with E-state index in [2.05, 4.69) is 9.80 Å². The van der Waals surface area contributed by atoms with Gasteiger partial charge in [-0.2, -0.15) is 0 Å². The van der Waals surface area contributed by atoms with Crippen LogP contribution in [-0.2, 0) is 0 Å². The number of benzene rings is 1. The maximum Gasteiger partial charge on any atom is 0.119 e. The molecule has 0 unspecified atom stereocenters. The summed E-state index contributed by atoms with van der Waals surface area (Å²) in [5.74, 6) is 0.842. The Morgan fingerprint density at radius 1 is 1.10 bits per heavy atom. The minimum atomic E-state index is 0.241. The third kappa shape index (κ3) is 5.24. The van der Waals surface area contributed by atoms with Gasteiger partial charge in [0.1, 0.15) is 17.3 Å². The highest BCUT2D eigenvalue weighted by atomic mass is 32.1. The lowest BCUT2D eigenvalue weighted by Crippen LogP contribution is -2.48. The minimum absolute atomic E-state index is 0.241. The molecule has 0 bridgehead atoms. The van der Waals surface area contributed by atoms with E-state index in [1.165, 1.54) is 0 Å². The maximum absolute atomic E-state index is 8.91. The summed E-state index contributed by atoms with van der Waals surface area (Å²) < 4.78 is 5.74. The molecular weight excluding hydrogens is 286 g/mol. The van der Waals surface area contributed by atoms with Gasteiger partial charge in [0.25, 0.3) is 0 Å². The van der Waals surface area contributed by atoms with Crippen LogP contribution in [0.25, 0.3) is 0 Å². The Bertz CT molecular complexity index is 445. The first-order valence-corrected chi connectivity index (χ1v) is 7.68. The first kappa shape index (κ1) is 16.2. The second-order valence-electron chi connectivity index (χ2n) is 5.14. The number of β-amino-alcohol motifs (C(OH)–C–C–N with tert-alkyl or cyclic N) is 1. The van der Waals surface area contributed by atoms with Gasteiger partial charge in [-0.25, -0.2) is 0 Å². The third-order valence-electron chi connectivity index (χ3n) is 3.70. The summed E-state index contributed by atoms with van der Waals surface area (Å²) in [5, 5.41) is 8.91. The van der Waals surface area contributed by atoms with Crippen molar-refractivity contribution in [2.24, 2.45) is 5.73 Å². The highest BCUT2D eigenvalue weighted by Crippen LogP contribution is 2.12. The van der Waals surface area contributed by atoms with Crippen LogP contribution in [-0.4, -0.2) is 72.4 Å². The van der Waals surface area contributed by atoms with Crippen LogP contribution < -0.4 is 10.5 Å². The number of ether oxygens (including phenoxy) is 1. The molecule has 0 aliphatic carbocycles. The summed E-state index contributed by atoms with van der Waals surface area (Å²) in [5.41, 5.74) is 6.42. The van der Waals surface area contributed by atoms with Gasteiger partial charge in [0, 0.05) is 44.8 Å². The molecule has 1 fully saturated rings. The molecule has 116 valence electrons. The quantitative estimate of drug-likeness (QED) is 0.707. The molecular formula is C15H23N3O2S. The van der Waals surface area contributed by atoms with Crippen molar-refractivity contribution in [2.45, 2.75) is 0 Å². The number of nitrogens with zero attached hydrogens (tertiary/aromatic N) is 2. The van der Waals surface area contributed by atoms with E-state index in [-0.39, 0.29) is 6.61 Å². The number of piperazine rings is 1. The number of hydrogen-bond acceptors (Lipinski definition) is 5. The van der Waals surface area contributed by atoms with E-state index in [1.807, 2.05) is 24.3 Å². The van der Waals surface area contributed by atoms with E-state index < -0.39 is 0 Å². The lowest BCUT2D eigenvalue weighted by atomic mass is 10.2. The first-order chi connectivity index (χ1) is 10.2. The van der Waals surface area contributed by atoms with Crippen molar-refractivity contribution < 1.29 is 9.84 Å². The van der Waals surface area contributed by atoms with Crippen LogP contribution in [0, 0.1) is 0 Å². The Morgan fingerprint density at radius 2 is 1.67 bits per heavy atom. The number of hydrogen-bond donors (Lipinski definition) is 2. The molecule has 1 saturated heterocycles. The van der Waals surface area contributed by atoms with E-state index in [4.69, 9.17) is 27.8 Å². The van der Waals surface area contributed by atoms with Crippen LogP contribution in [0.2, 0.25) is 0 Å². The average Bonchev–Trinajstić information content (AvgIpc) is 2.50. The Labute approximate surface area is 131 Å². The molecule has 0 aromatic heterocycles. The van der Waals surface area contributed by atoms with Crippen LogP contribution in [0.4, 0.5) is 0 Å². The van der Waals surface area contributed by atoms with Crippen LogP contribution in [0.1, 0.15) is 5.56 Å². The van der Waals surface area contributed by atoms with Crippen molar-refractivity contribution in [1.82, 2.24) is 9.80 Å². The van der Waals surface area contributed by atoms with Crippen molar-refractivity contribution in [3.63, 3.8) is 0 Å². The van der Waals surface area contributed by atoms with E-state index in [9.17, 15) is 0 Å². The summed E-state index contributed by atoms with van der Waals surface area (Å²) in [4.78, 5) is 5.07. The predicted octanol–water partition coefficient (Wildman–Crippen LogP) is 0.310. The van der Waals surface area contributed by atoms with Gasteiger partial charge in [-0.1, -0.05) is 12.2 Å². The lowest BCUT2D eigenvalue weighted by Gasteiger charge is -2.34. The van der Waals surface area contributed by atoms with Crippen molar-refractivity contribution >= 4 is 17.2 Å². The molecule has 1 aromatic carbocycles. The second kappa shape index (κ2) is 8.29. The van der Waals surface area contributed by atoms with Crippen molar-refractivity contribution in [1.29, 1.82) is 0 Å². The average molecular weight is 309 g/mol. The van der Waals surface area contributed by atoms with E-state index in [0.29, 0.717) is 11.6 Å². The molecule has 1 aromatic rings. The van der Waals surface area contributed by atoms with Gasteiger partial charge in [-0.15, -0.1) is 0 Å². The van der Waals surface area contributed by atoms with Crippen molar-refractivity contribution in [2.75, 3.05) is 52.5 Å². The van der Waals surface area contributed by atoms with Crippen LogP contribution in [0.5, 0.6) is 5.75 Å². The number of nitrogens with two attached hydrogens (primary N) is 1. The molecule has 0 saturated carbocycles. The van der Waals surface area contributed by atoms with Gasteiger partial charge < -0.3 is 15.6 Å². The summed E-state index contributed by atoms with van der Waals surface area (Å²) in [6.07, 6.45) is 0. The molecule has 3 N–H and O–H groups in total. The van der Waals surface area contributed by atoms with E-state index in [1.54, 1.807) is 0 Å². The predicted molar refractivity (Wildman–Crippen MR) is 87.8 cm³/mol. The summed E-state index contributed by atoms with van der Waals surface area (Å²) in [6, 6.07) is 7.55. The number of aliphatic hydroxyl groups excluding tert-OH is 1. The molecule has 0 radical (unpaired) electrons. The fourth-order valence-corrected chi connectivity index (χ4v) is 2.52. The Kier molecular flexibility index (Phi) is 6.38. The molecule has 1 aliphatic rings. The zero-order valence-corrected chi connectivity index (χ0v) is 13.0. The lowest BCUT2D eigenvalue weighted by molar-refractivity contribution is 0.102. The number of rotatable bonds is 7. The molecule has 0 amide bonds. The smallest absolute Gasteiger partial charge is 0.119 e. The molecule has 21 heavy (non-hydrogen) atoms. The molecule has 2 rings (SSSR count). The minimum Gasteiger partial charge on any atom is -0.492 e. The van der Waals surface area contributed by atoms with Gasteiger partial charge in [0.2, 0.25) is 0 Å². The zero-order chi connectivity index (χ0) is 15.1. The van der Waals surface area contributed by atoms with Gasteiger partial charge in [-0.3, -0.25) is 9.80 Å². The standard InChI is InChI=1S/C15H23N3O2S/c16-15(21)13-1-3-14(4-2-13)20-12-10-18-7-5-17(6-8-18)9-11-19/h1-4,19H,5-12H2,(H2,16,21). The Hall–Kier alpha value is -1.21. The fraction of sp³-hybridized carbons (Fsp3) is 0.533. The second-order valence-corrected chi connectivity index (χ2v) is 5.58. The van der Waals surface area contributed by atoms with Crippen molar-refractivity contribution in [3.8, 4) is 5.75 Å². The molecule has 5 nitrogen and oxygen atoms in total. The largest absolute Gasteiger partial charge is 0.492 e. The fourth-order valence-electron chi connectivity index (χ4n) is 2.39. The van der Waals surface area contributed by atoms with Gasteiger partial charge >= 0.3 is 0 Å².